The number of methoxy groups -OCH3 is 1. The summed E-state index contributed by atoms with van der Waals surface area (Å²) in [7, 11) is -2.80. The standard InChI is InChI=1S/C17H24N2O6S/c1-12(2)11-14(17(20)25-4)10-9-13(3)18-26(23,24)16-8-6-5-7-15(16)19(21)22/h5-10,12-14,18H,11H2,1-4H3/b10-9+/t13-,14-/m0/s1. The number of nitrogens with one attached hydrogen (secondary N) is 1. The van der Waals surface area contributed by atoms with Crippen LogP contribution in [0, 0.1) is 22.0 Å². The Morgan fingerprint density at radius 3 is 2.42 bits per heavy atom. The minimum Gasteiger partial charge on any atom is -0.469 e. The van der Waals surface area contributed by atoms with E-state index < -0.39 is 43.5 Å². The van der Waals surface area contributed by atoms with E-state index >= 15 is 0 Å². The zero-order valence-electron chi connectivity index (χ0n) is 15.2. The number of rotatable bonds is 9. The van der Waals surface area contributed by atoms with E-state index in [4.69, 9.17) is 4.74 Å². The lowest BCUT2D eigenvalue weighted by atomic mass is 9.96. The van der Waals surface area contributed by atoms with Gasteiger partial charge in [0, 0.05) is 12.1 Å². The summed E-state index contributed by atoms with van der Waals surface area (Å²) in [5.74, 6) is -0.635. The minimum atomic E-state index is -4.09. The van der Waals surface area contributed by atoms with E-state index in [1.807, 2.05) is 13.8 Å². The normalized spacial score (nSPS) is 14.3. The second-order valence-electron chi connectivity index (χ2n) is 6.28. The Hall–Kier alpha value is -2.26. The van der Waals surface area contributed by atoms with E-state index in [2.05, 4.69) is 4.72 Å². The summed E-state index contributed by atoms with van der Waals surface area (Å²) < 4.78 is 32.0. The van der Waals surface area contributed by atoms with Gasteiger partial charge in [-0.3, -0.25) is 14.9 Å². The summed E-state index contributed by atoms with van der Waals surface area (Å²) in [5.41, 5.74) is -0.497. The van der Waals surface area contributed by atoms with Crippen LogP contribution in [0.4, 0.5) is 5.69 Å². The van der Waals surface area contributed by atoms with E-state index in [9.17, 15) is 23.3 Å². The Bertz CT molecular complexity index is 773. The van der Waals surface area contributed by atoms with Gasteiger partial charge in [0.05, 0.1) is 18.0 Å². The zero-order chi connectivity index (χ0) is 19.9. The number of ether oxygens (including phenoxy) is 1. The monoisotopic (exact) mass is 384 g/mol. The molecule has 1 rings (SSSR count). The molecule has 0 saturated carbocycles. The van der Waals surface area contributed by atoms with Gasteiger partial charge in [-0.2, -0.15) is 0 Å². The van der Waals surface area contributed by atoms with Crippen molar-refractivity contribution in [2.75, 3.05) is 7.11 Å². The van der Waals surface area contributed by atoms with Crippen LogP contribution in [0.2, 0.25) is 0 Å². The first-order valence-corrected chi connectivity index (χ1v) is 9.58. The van der Waals surface area contributed by atoms with Crippen molar-refractivity contribution in [3.8, 4) is 0 Å². The molecule has 1 aromatic carbocycles. The number of nitro groups is 1. The first-order valence-electron chi connectivity index (χ1n) is 8.10. The van der Waals surface area contributed by atoms with Gasteiger partial charge in [-0.1, -0.05) is 38.1 Å². The molecule has 0 aromatic heterocycles. The molecular formula is C17H24N2O6S. The highest BCUT2D eigenvalue weighted by molar-refractivity contribution is 7.89. The van der Waals surface area contributed by atoms with Crippen molar-refractivity contribution in [1.82, 2.24) is 4.72 Å². The van der Waals surface area contributed by atoms with Gasteiger partial charge >= 0.3 is 5.97 Å². The first kappa shape index (κ1) is 21.8. The van der Waals surface area contributed by atoms with E-state index in [1.54, 1.807) is 13.0 Å². The summed E-state index contributed by atoms with van der Waals surface area (Å²) in [5, 5.41) is 11.0. The Balaban J connectivity index is 2.96. The van der Waals surface area contributed by atoms with E-state index in [-0.39, 0.29) is 5.92 Å². The lowest BCUT2D eigenvalue weighted by Crippen LogP contribution is -2.32. The number of para-hydroxylation sites is 1. The van der Waals surface area contributed by atoms with E-state index in [1.165, 1.54) is 31.4 Å². The molecule has 0 fully saturated rings. The van der Waals surface area contributed by atoms with E-state index in [0.29, 0.717) is 6.42 Å². The maximum Gasteiger partial charge on any atom is 0.312 e. The number of carbonyl (C=O) groups excluding carboxylic acids is 1. The Morgan fingerprint density at radius 2 is 1.88 bits per heavy atom. The number of nitrogens with zero attached hydrogens (tertiary/aromatic N) is 1. The summed E-state index contributed by atoms with van der Waals surface area (Å²) >= 11 is 0. The number of hydrogen-bond donors (Lipinski definition) is 1. The Morgan fingerprint density at radius 1 is 1.27 bits per heavy atom. The number of esters is 1. The highest BCUT2D eigenvalue weighted by Crippen LogP contribution is 2.23. The maximum atomic E-state index is 12.4. The third-order valence-corrected chi connectivity index (χ3v) is 5.16. The summed E-state index contributed by atoms with van der Waals surface area (Å²) in [4.78, 5) is 21.7. The molecule has 0 unspecified atom stereocenters. The quantitative estimate of drug-likeness (QED) is 0.303. The Kier molecular flexibility index (Phi) is 7.91. The van der Waals surface area contributed by atoms with Crippen LogP contribution in [-0.2, 0) is 19.6 Å². The molecule has 0 aliphatic heterocycles. The molecule has 2 atom stereocenters. The summed E-state index contributed by atoms with van der Waals surface area (Å²) in [6.45, 7) is 5.50. The zero-order valence-corrected chi connectivity index (χ0v) is 16.0. The molecule has 0 aliphatic rings. The number of carbonyl (C=O) groups is 1. The van der Waals surface area contributed by atoms with Gasteiger partial charge in [0.25, 0.3) is 5.69 Å². The van der Waals surface area contributed by atoms with Crippen molar-refractivity contribution in [3.05, 3.63) is 46.5 Å². The molecule has 9 heteroatoms. The van der Waals surface area contributed by atoms with Gasteiger partial charge in [0.15, 0.2) is 4.90 Å². The predicted molar refractivity (Wildman–Crippen MR) is 97.0 cm³/mol. The van der Waals surface area contributed by atoms with Crippen LogP contribution in [0.3, 0.4) is 0 Å². The second-order valence-corrected chi connectivity index (χ2v) is 7.96. The summed E-state index contributed by atoms with van der Waals surface area (Å²) in [6, 6.07) is 4.45. The fourth-order valence-corrected chi connectivity index (χ4v) is 3.77. The van der Waals surface area contributed by atoms with Crippen molar-refractivity contribution in [2.24, 2.45) is 11.8 Å². The van der Waals surface area contributed by atoms with Gasteiger partial charge in [0.1, 0.15) is 0 Å². The molecule has 1 N–H and O–H groups in total. The smallest absolute Gasteiger partial charge is 0.312 e. The van der Waals surface area contributed by atoms with Crippen LogP contribution in [0.1, 0.15) is 27.2 Å². The van der Waals surface area contributed by atoms with Gasteiger partial charge < -0.3 is 4.74 Å². The van der Waals surface area contributed by atoms with Crippen molar-refractivity contribution in [2.45, 2.75) is 38.1 Å². The molecule has 0 spiro atoms. The first-order chi connectivity index (χ1) is 12.1. The van der Waals surface area contributed by atoms with Gasteiger partial charge in [0.2, 0.25) is 10.0 Å². The Labute approximate surface area is 153 Å². The SMILES string of the molecule is COC(=O)[C@@H](/C=C/[C@H](C)NS(=O)(=O)c1ccccc1[N+](=O)[O-])CC(C)C. The van der Waals surface area contributed by atoms with Crippen LogP contribution in [0.5, 0.6) is 0 Å². The lowest BCUT2D eigenvalue weighted by Gasteiger charge is -2.15. The maximum absolute atomic E-state index is 12.4. The number of nitro benzene ring substituents is 1. The van der Waals surface area contributed by atoms with Crippen molar-refractivity contribution in [1.29, 1.82) is 0 Å². The van der Waals surface area contributed by atoms with Crippen molar-refractivity contribution in [3.63, 3.8) is 0 Å². The number of benzene rings is 1. The molecule has 0 radical (unpaired) electrons. The van der Waals surface area contributed by atoms with Crippen molar-refractivity contribution >= 4 is 21.7 Å². The van der Waals surface area contributed by atoms with Crippen LogP contribution in [-0.4, -0.2) is 32.5 Å². The summed E-state index contributed by atoms with van der Waals surface area (Å²) in [6.07, 6.45) is 3.70. The molecule has 0 bridgehead atoms. The number of hydrogen-bond acceptors (Lipinski definition) is 6. The molecule has 26 heavy (non-hydrogen) atoms. The van der Waals surface area contributed by atoms with Gasteiger partial charge in [-0.05, 0) is 25.3 Å². The highest BCUT2D eigenvalue weighted by atomic mass is 32.2. The van der Waals surface area contributed by atoms with E-state index in [0.717, 1.165) is 6.07 Å². The van der Waals surface area contributed by atoms with Gasteiger partial charge in [-0.25, -0.2) is 13.1 Å². The van der Waals surface area contributed by atoms with Crippen LogP contribution < -0.4 is 4.72 Å². The van der Waals surface area contributed by atoms with Crippen molar-refractivity contribution < 1.29 is 22.9 Å². The average Bonchev–Trinajstić information content (AvgIpc) is 2.57. The topological polar surface area (TPSA) is 116 Å². The van der Waals surface area contributed by atoms with Crippen LogP contribution in [0.15, 0.2) is 41.3 Å². The van der Waals surface area contributed by atoms with Crippen LogP contribution in [0.25, 0.3) is 0 Å². The third kappa shape index (κ3) is 6.23. The van der Waals surface area contributed by atoms with Gasteiger partial charge in [-0.15, -0.1) is 0 Å². The molecule has 0 heterocycles. The predicted octanol–water partition coefficient (Wildman–Crippen LogP) is 2.65. The molecule has 0 aliphatic carbocycles. The molecule has 1 aromatic rings. The molecular weight excluding hydrogens is 360 g/mol. The second kappa shape index (κ2) is 9.44. The minimum absolute atomic E-state index is 0.253. The lowest BCUT2D eigenvalue weighted by molar-refractivity contribution is -0.387. The molecule has 144 valence electrons. The molecule has 0 amide bonds. The third-order valence-electron chi connectivity index (χ3n) is 3.55. The van der Waals surface area contributed by atoms with Crippen LogP contribution >= 0.6 is 0 Å². The fourth-order valence-electron chi connectivity index (χ4n) is 2.40. The number of sulfonamides is 1. The highest BCUT2D eigenvalue weighted by Gasteiger charge is 2.26. The fraction of sp³-hybridized carbons (Fsp3) is 0.471. The largest absolute Gasteiger partial charge is 0.469 e. The molecule has 8 nitrogen and oxygen atoms in total. The average molecular weight is 384 g/mol. The molecule has 0 saturated heterocycles.